The van der Waals surface area contributed by atoms with Crippen LogP contribution in [0.25, 0.3) is 0 Å². The predicted octanol–water partition coefficient (Wildman–Crippen LogP) is 6.45. The van der Waals surface area contributed by atoms with Crippen molar-refractivity contribution >= 4 is 11.9 Å². The third-order valence-electron chi connectivity index (χ3n) is 5.64. The fourth-order valence-corrected chi connectivity index (χ4v) is 3.52. The Balaban J connectivity index is 3.42. The number of hydrogen-bond acceptors (Lipinski definition) is 5. The molecule has 0 aromatic rings. The first kappa shape index (κ1) is 29.6. The lowest BCUT2D eigenvalue weighted by atomic mass is 10.0. The summed E-state index contributed by atoms with van der Waals surface area (Å²) in [5, 5.41) is 0. The molecule has 0 rings (SSSR count). The number of esters is 2. The van der Waals surface area contributed by atoms with Crippen LogP contribution in [0, 0.1) is 0 Å². The molecule has 0 radical (unpaired) electrons. The molecule has 0 aliphatic heterocycles. The van der Waals surface area contributed by atoms with Crippen molar-refractivity contribution in [3.63, 3.8) is 0 Å². The van der Waals surface area contributed by atoms with E-state index >= 15 is 0 Å². The van der Waals surface area contributed by atoms with Crippen LogP contribution in [0.2, 0.25) is 0 Å². The largest absolute Gasteiger partial charge is 0.463 e. The quantitative estimate of drug-likeness (QED) is 0.110. The van der Waals surface area contributed by atoms with Crippen LogP contribution in [0.3, 0.4) is 0 Å². The van der Waals surface area contributed by atoms with Gasteiger partial charge in [0.25, 0.3) is 0 Å². The molecule has 0 saturated heterocycles. The number of carbonyl (C=O) groups excluding carboxylic acids is 2. The summed E-state index contributed by atoms with van der Waals surface area (Å²) in [4.78, 5) is 25.4. The summed E-state index contributed by atoms with van der Waals surface area (Å²) >= 11 is 0. The molecule has 5 nitrogen and oxygen atoms in total. The molecule has 0 aromatic heterocycles. The molecule has 0 aliphatic carbocycles. The minimum Gasteiger partial charge on any atom is -0.463 e. The molecule has 0 spiro atoms. The van der Waals surface area contributed by atoms with Crippen LogP contribution >= 0.6 is 0 Å². The third kappa shape index (κ3) is 21.7. The second-order valence-electron chi connectivity index (χ2n) is 8.29. The maximum absolute atomic E-state index is 11.6. The summed E-state index contributed by atoms with van der Waals surface area (Å²) in [5.41, 5.74) is 0. The van der Waals surface area contributed by atoms with E-state index in [1.165, 1.54) is 77.0 Å². The Hall–Kier alpha value is -1.36. The van der Waals surface area contributed by atoms with E-state index in [9.17, 15) is 9.59 Å². The zero-order valence-electron chi connectivity index (χ0n) is 20.7. The van der Waals surface area contributed by atoms with E-state index in [1.54, 1.807) is 0 Å². The van der Waals surface area contributed by atoms with Crippen molar-refractivity contribution < 1.29 is 19.1 Å². The predicted molar refractivity (Wildman–Crippen MR) is 129 cm³/mol. The third-order valence-corrected chi connectivity index (χ3v) is 5.64. The Bertz CT molecular complexity index is 447. The van der Waals surface area contributed by atoms with Crippen LogP contribution in [0.4, 0.5) is 0 Å². The molecule has 31 heavy (non-hydrogen) atoms. The summed E-state index contributed by atoms with van der Waals surface area (Å²) in [5.74, 6) is -0.976. The van der Waals surface area contributed by atoms with E-state index in [-0.39, 0.29) is 0 Å². The highest BCUT2D eigenvalue weighted by molar-refractivity contribution is 5.91. The van der Waals surface area contributed by atoms with Crippen molar-refractivity contribution in [1.29, 1.82) is 0 Å². The molecule has 182 valence electrons. The van der Waals surface area contributed by atoms with E-state index < -0.39 is 11.9 Å². The van der Waals surface area contributed by atoms with Crippen molar-refractivity contribution in [2.45, 2.75) is 111 Å². The molecule has 0 aromatic carbocycles. The summed E-state index contributed by atoms with van der Waals surface area (Å²) in [6, 6.07) is 0. The Morgan fingerprint density at radius 1 is 0.581 bits per heavy atom. The Morgan fingerprint density at radius 2 is 0.968 bits per heavy atom. The average Bonchev–Trinajstić information content (AvgIpc) is 2.78. The van der Waals surface area contributed by atoms with Gasteiger partial charge < -0.3 is 14.4 Å². The van der Waals surface area contributed by atoms with Crippen molar-refractivity contribution in [1.82, 2.24) is 4.90 Å². The summed E-state index contributed by atoms with van der Waals surface area (Å²) in [7, 11) is 0. The standard InChI is InChI=1S/C26H49NO4/c1-4-7-8-9-10-11-12-13-14-15-16-17-18-19-23-30-25(28)20-21-26(29)31-24-22-27(5-2)6-3/h20-21H,4-19,22-24H2,1-3H3/b21-20+. The Morgan fingerprint density at radius 3 is 1.39 bits per heavy atom. The van der Waals surface area contributed by atoms with Gasteiger partial charge in [-0.3, -0.25) is 0 Å². The van der Waals surface area contributed by atoms with Gasteiger partial charge in [0.05, 0.1) is 6.61 Å². The second kappa shape index (κ2) is 23.3. The average molecular weight is 440 g/mol. The lowest BCUT2D eigenvalue weighted by molar-refractivity contribution is -0.140. The van der Waals surface area contributed by atoms with Crippen molar-refractivity contribution in [2.24, 2.45) is 0 Å². The van der Waals surface area contributed by atoms with E-state index in [4.69, 9.17) is 9.47 Å². The molecule has 5 heteroatoms. The highest BCUT2D eigenvalue weighted by Gasteiger charge is 2.03. The van der Waals surface area contributed by atoms with Gasteiger partial charge in [0.15, 0.2) is 0 Å². The SMILES string of the molecule is CCCCCCCCCCCCCCCCOC(=O)/C=C/C(=O)OCCN(CC)CC. The minimum absolute atomic E-state index is 0.332. The van der Waals surface area contributed by atoms with Crippen molar-refractivity contribution in [3.8, 4) is 0 Å². The zero-order chi connectivity index (χ0) is 23.0. The monoisotopic (exact) mass is 439 g/mol. The van der Waals surface area contributed by atoms with E-state index in [1.807, 2.05) is 0 Å². The number of carbonyl (C=O) groups is 2. The maximum atomic E-state index is 11.6. The molecular formula is C26H49NO4. The van der Waals surface area contributed by atoms with Gasteiger partial charge in [0.1, 0.15) is 6.61 Å². The van der Waals surface area contributed by atoms with Gasteiger partial charge in [-0.25, -0.2) is 9.59 Å². The molecular weight excluding hydrogens is 390 g/mol. The molecule has 0 heterocycles. The molecule has 0 saturated carbocycles. The molecule has 0 N–H and O–H groups in total. The van der Waals surface area contributed by atoms with E-state index in [2.05, 4.69) is 25.7 Å². The molecule has 0 unspecified atom stereocenters. The van der Waals surface area contributed by atoms with Gasteiger partial charge >= 0.3 is 11.9 Å². The van der Waals surface area contributed by atoms with Gasteiger partial charge in [0, 0.05) is 18.7 Å². The van der Waals surface area contributed by atoms with Crippen LogP contribution in [-0.2, 0) is 19.1 Å². The lowest BCUT2D eigenvalue weighted by Crippen LogP contribution is -2.27. The first-order valence-corrected chi connectivity index (χ1v) is 12.9. The second-order valence-corrected chi connectivity index (χ2v) is 8.29. The molecule has 0 bridgehead atoms. The number of hydrogen-bond donors (Lipinski definition) is 0. The van der Waals surface area contributed by atoms with Crippen LogP contribution in [0.15, 0.2) is 12.2 Å². The molecule has 0 fully saturated rings. The number of rotatable bonds is 22. The van der Waals surface area contributed by atoms with Crippen LogP contribution < -0.4 is 0 Å². The van der Waals surface area contributed by atoms with Crippen LogP contribution in [-0.4, -0.2) is 49.7 Å². The highest BCUT2D eigenvalue weighted by Crippen LogP contribution is 2.12. The van der Waals surface area contributed by atoms with Gasteiger partial charge in [-0.05, 0) is 19.5 Å². The van der Waals surface area contributed by atoms with Crippen LogP contribution in [0.1, 0.15) is 111 Å². The number of likely N-dealkylation sites (N-methyl/N-ethyl adjacent to an activating group) is 1. The number of unbranched alkanes of at least 4 members (excludes halogenated alkanes) is 13. The van der Waals surface area contributed by atoms with Gasteiger partial charge in [-0.15, -0.1) is 0 Å². The zero-order valence-corrected chi connectivity index (χ0v) is 20.7. The number of ether oxygens (including phenoxy) is 2. The Labute approximate surface area is 191 Å². The molecule has 0 amide bonds. The summed E-state index contributed by atoms with van der Waals surface area (Å²) < 4.78 is 10.2. The fraction of sp³-hybridized carbons (Fsp3) is 0.846. The maximum Gasteiger partial charge on any atom is 0.331 e. The first-order chi connectivity index (χ1) is 15.1. The molecule has 0 aliphatic rings. The first-order valence-electron chi connectivity index (χ1n) is 12.9. The topological polar surface area (TPSA) is 55.8 Å². The fourth-order valence-electron chi connectivity index (χ4n) is 3.52. The van der Waals surface area contributed by atoms with Gasteiger partial charge in [-0.1, -0.05) is 104 Å². The highest BCUT2D eigenvalue weighted by atomic mass is 16.5. The molecule has 0 atom stereocenters. The lowest BCUT2D eigenvalue weighted by Gasteiger charge is -2.16. The Kier molecular flexibility index (Phi) is 22.3. The minimum atomic E-state index is -0.499. The summed E-state index contributed by atoms with van der Waals surface area (Å²) in [6.07, 6.45) is 20.5. The van der Waals surface area contributed by atoms with Gasteiger partial charge in [0.2, 0.25) is 0 Å². The smallest absolute Gasteiger partial charge is 0.331 e. The van der Waals surface area contributed by atoms with Crippen molar-refractivity contribution in [2.75, 3.05) is 32.8 Å². The van der Waals surface area contributed by atoms with Gasteiger partial charge in [-0.2, -0.15) is 0 Å². The van der Waals surface area contributed by atoms with E-state index in [0.717, 1.165) is 38.1 Å². The number of nitrogens with zero attached hydrogens (tertiary/aromatic N) is 1. The normalized spacial score (nSPS) is 11.4. The van der Waals surface area contributed by atoms with Crippen molar-refractivity contribution in [3.05, 3.63) is 12.2 Å². The van der Waals surface area contributed by atoms with E-state index in [0.29, 0.717) is 19.8 Å². The summed E-state index contributed by atoms with van der Waals surface area (Å²) in [6.45, 7) is 9.71. The van der Waals surface area contributed by atoms with Crippen LogP contribution in [0.5, 0.6) is 0 Å².